The van der Waals surface area contributed by atoms with Crippen molar-refractivity contribution in [1.29, 1.82) is 0 Å². The molecule has 1 N–H and O–H groups in total. The van der Waals surface area contributed by atoms with Crippen LogP contribution in [0.5, 0.6) is 0 Å². The summed E-state index contributed by atoms with van der Waals surface area (Å²) in [7, 11) is 8.02. The maximum absolute atomic E-state index is 13.0. The molecule has 0 spiro atoms. The van der Waals surface area contributed by atoms with Gasteiger partial charge >= 0.3 is 0 Å². The molecule has 1 aromatic rings. The summed E-state index contributed by atoms with van der Waals surface area (Å²) in [6.45, 7) is 7.85. The normalized spacial score (nSPS) is 14.1. The third-order valence-corrected chi connectivity index (χ3v) is 4.88. The van der Waals surface area contributed by atoms with Crippen molar-refractivity contribution in [3.05, 3.63) is 23.8 Å². The minimum absolute atomic E-state index is 0.0961. The van der Waals surface area contributed by atoms with Gasteiger partial charge in [0.15, 0.2) is 0 Å². The van der Waals surface area contributed by atoms with Crippen molar-refractivity contribution in [2.75, 3.05) is 51.5 Å². The summed E-state index contributed by atoms with van der Waals surface area (Å²) in [5.74, 6) is 0.390. The number of nitrogens with one attached hydrogen (secondary N) is 1. The molecule has 1 saturated carbocycles. The van der Waals surface area contributed by atoms with Crippen LogP contribution >= 0.6 is 0 Å². The van der Waals surface area contributed by atoms with Crippen LogP contribution in [0.2, 0.25) is 0 Å². The third-order valence-electron chi connectivity index (χ3n) is 4.88. The lowest BCUT2D eigenvalue weighted by molar-refractivity contribution is -0.140. The molecule has 0 bridgehead atoms. The standard InChI is InChI=1S/C22H36N4O2/c1-22(2,3)21(28)26(13-12-24(4)5)15-17-14-18(10-11-19(17)25(6)7)23-20(27)16-8-9-16/h10-11,14,16H,8-9,12-13,15H2,1-7H3,(H,23,27). The first kappa shape index (κ1) is 22.2. The van der Waals surface area contributed by atoms with Gasteiger partial charge in [-0.2, -0.15) is 0 Å². The van der Waals surface area contributed by atoms with Gasteiger partial charge in [-0.1, -0.05) is 20.8 Å². The molecule has 0 heterocycles. The minimum Gasteiger partial charge on any atom is -0.377 e. The number of hydrogen-bond donors (Lipinski definition) is 1. The number of carbonyl (C=O) groups is 2. The summed E-state index contributed by atoms with van der Waals surface area (Å²) in [6, 6.07) is 5.96. The molecule has 1 aliphatic rings. The lowest BCUT2D eigenvalue weighted by Crippen LogP contribution is -2.42. The lowest BCUT2D eigenvalue weighted by atomic mass is 9.94. The molecular weight excluding hydrogens is 352 g/mol. The Bertz CT molecular complexity index is 703. The van der Waals surface area contributed by atoms with Crippen molar-refractivity contribution in [2.24, 2.45) is 11.3 Å². The average Bonchev–Trinajstić information content (AvgIpc) is 3.42. The molecule has 1 fully saturated rings. The predicted octanol–water partition coefficient (Wildman–Crippen LogP) is 3.04. The Labute approximate surface area is 169 Å². The monoisotopic (exact) mass is 388 g/mol. The maximum Gasteiger partial charge on any atom is 0.228 e. The highest BCUT2D eigenvalue weighted by molar-refractivity contribution is 5.94. The fraction of sp³-hybridized carbons (Fsp3) is 0.636. The molecule has 6 nitrogen and oxygen atoms in total. The van der Waals surface area contributed by atoms with Crippen LogP contribution in [-0.4, -0.2) is 62.9 Å². The van der Waals surface area contributed by atoms with Gasteiger partial charge in [0.25, 0.3) is 0 Å². The van der Waals surface area contributed by atoms with Crippen LogP contribution in [-0.2, 0) is 16.1 Å². The molecule has 0 saturated heterocycles. The smallest absolute Gasteiger partial charge is 0.228 e. The fourth-order valence-corrected chi connectivity index (χ4v) is 3.07. The molecule has 0 radical (unpaired) electrons. The van der Waals surface area contributed by atoms with Crippen LogP contribution < -0.4 is 10.2 Å². The van der Waals surface area contributed by atoms with Gasteiger partial charge in [0, 0.05) is 56.4 Å². The highest BCUT2D eigenvalue weighted by Gasteiger charge is 2.30. The van der Waals surface area contributed by atoms with Crippen molar-refractivity contribution in [3.8, 4) is 0 Å². The van der Waals surface area contributed by atoms with Crippen LogP contribution in [0.4, 0.5) is 11.4 Å². The molecule has 1 aliphatic carbocycles. The zero-order valence-corrected chi connectivity index (χ0v) is 18.5. The fourth-order valence-electron chi connectivity index (χ4n) is 3.07. The molecule has 2 amide bonds. The first-order chi connectivity index (χ1) is 13.0. The van der Waals surface area contributed by atoms with E-state index in [1.54, 1.807) is 0 Å². The van der Waals surface area contributed by atoms with E-state index in [9.17, 15) is 9.59 Å². The van der Waals surface area contributed by atoms with Gasteiger partial charge in [-0.05, 0) is 50.7 Å². The second-order valence-electron chi connectivity index (χ2n) is 9.28. The van der Waals surface area contributed by atoms with E-state index in [4.69, 9.17) is 0 Å². The van der Waals surface area contributed by atoms with Crippen molar-refractivity contribution >= 4 is 23.2 Å². The number of likely N-dealkylation sites (N-methyl/N-ethyl adjacent to an activating group) is 1. The molecule has 0 aromatic heterocycles. The molecule has 0 atom stereocenters. The van der Waals surface area contributed by atoms with Crippen molar-refractivity contribution < 1.29 is 9.59 Å². The Morgan fingerprint density at radius 3 is 2.21 bits per heavy atom. The van der Waals surface area contributed by atoms with Crippen molar-refractivity contribution in [1.82, 2.24) is 9.80 Å². The Kier molecular flexibility index (Phi) is 7.10. The van der Waals surface area contributed by atoms with E-state index >= 15 is 0 Å². The number of anilines is 2. The Morgan fingerprint density at radius 1 is 1.07 bits per heavy atom. The minimum atomic E-state index is -0.442. The maximum atomic E-state index is 13.0. The highest BCUT2D eigenvalue weighted by atomic mass is 16.2. The van der Waals surface area contributed by atoms with Gasteiger partial charge in [0.2, 0.25) is 11.8 Å². The summed E-state index contributed by atoms with van der Waals surface area (Å²) >= 11 is 0. The van der Waals surface area contributed by atoms with E-state index in [1.807, 2.05) is 77.0 Å². The van der Waals surface area contributed by atoms with E-state index in [1.165, 1.54) is 0 Å². The van der Waals surface area contributed by atoms with E-state index in [0.717, 1.165) is 36.3 Å². The van der Waals surface area contributed by atoms with E-state index in [-0.39, 0.29) is 17.7 Å². The van der Waals surface area contributed by atoms with Crippen LogP contribution in [0.1, 0.15) is 39.2 Å². The van der Waals surface area contributed by atoms with E-state index in [2.05, 4.69) is 10.2 Å². The number of carbonyl (C=O) groups excluding carboxylic acids is 2. The molecule has 0 unspecified atom stereocenters. The largest absolute Gasteiger partial charge is 0.377 e. The molecule has 1 aromatic carbocycles. The molecule has 28 heavy (non-hydrogen) atoms. The highest BCUT2D eigenvalue weighted by Crippen LogP contribution is 2.31. The van der Waals surface area contributed by atoms with Gasteiger partial charge < -0.3 is 20.0 Å². The average molecular weight is 389 g/mol. The van der Waals surface area contributed by atoms with E-state index in [0.29, 0.717) is 13.1 Å². The van der Waals surface area contributed by atoms with Gasteiger partial charge in [0.05, 0.1) is 0 Å². The number of hydrogen-bond acceptors (Lipinski definition) is 4. The summed E-state index contributed by atoms with van der Waals surface area (Å²) in [5, 5.41) is 3.02. The zero-order valence-electron chi connectivity index (χ0n) is 18.5. The van der Waals surface area contributed by atoms with Gasteiger partial charge in [0.1, 0.15) is 0 Å². The van der Waals surface area contributed by atoms with Crippen molar-refractivity contribution in [2.45, 2.75) is 40.2 Å². The lowest BCUT2D eigenvalue weighted by Gasteiger charge is -2.32. The quantitative estimate of drug-likeness (QED) is 0.744. The summed E-state index contributed by atoms with van der Waals surface area (Å²) in [4.78, 5) is 31.3. The molecule has 6 heteroatoms. The van der Waals surface area contributed by atoms with Crippen LogP contribution in [0, 0.1) is 11.3 Å². The number of benzene rings is 1. The summed E-state index contributed by atoms with van der Waals surface area (Å²) in [5.41, 5.74) is 2.45. The predicted molar refractivity (Wildman–Crippen MR) is 116 cm³/mol. The van der Waals surface area contributed by atoms with Crippen LogP contribution in [0.25, 0.3) is 0 Å². The van der Waals surface area contributed by atoms with Gasteiger partial charge in [-0.3, -0.25) is 9.59 Å². The third kappa shape index (κ3) is 6.23. The summed E-state index contributed by atoms with van der Waals surface area (Å²) in [6.07, 6.45) is 1.96. The second kappa shape index (κ2) is 8.95. The Balaban J connectivity index is 2.28. The van der Waals surface area contributed by atoms with Crippen LogP contribution in [0.15, 0.2) is 18.2 Å². The first-order valence-electron chi connectivity index (χ1n) is 10.0. The number of amides is 2. The summed E-state index contributed by atoms with van der Waals surface area (Å²) < 4.78 is 0. The second-order valence-corrected chi connectivity index (χ2v) is 9.28. The molecule has 156 valence electrons. The Hall–Kier alpha value is -2.08. The zero-order chi connectivity index (χ0) is 21.1. The van der Waals surface area contributed by atoms with Crippen LogP contribution in [0.3, 0.4) is 0 Å². The number of nitrogens with zero attached hydrogens (tertiary/aromatic N) is 3. The van der Waals surface area contributed by atoms with E-state index < -0.39 is 5.41 Å². The molecular formula is C22H36N4O2. The molecule has 0 aliphatic heterocycles. The first-order valence-corrected chi connectivity index (χ1v) is 10.0. The van der Waals surface area contributed by atoms with Gasteiger partial charge in [-0.15, -0.1) is 0 Å². The Morgan fingerprint density at radius 2 is 1.71 bits per heavy atom. The topological polar surface area (TPSA) is 55.9 Å². The van der Waals surface area contributed by atoms with Crippen molar-refractivity contribution in [3.63, 3.8) is 0 Å². The number of rotatable bonds is 8. The van der Waals surface area contributed by atoms with Gasteiger partial charge in [-0.25, -0.2) is 0 Å². The molecule has 2 rings (SSSR count). The SMILES string of the molecule is CN(C)CCN(Cc1cc(NC(=O)C2CC2)ccc1N(C)C)C(=O)C(C)(C)C.